The highest BCUT2D eigenvalue weighted by Gasteiger charge is 2.34. The Bertz CT molecular complexity index is 427. The summed E-state index contributed by atoms with van der Waals surface area (Å²) in [7, 11) is 0. The molecular formula is C11H8Cl2F3S. The molecule has 0 bridgehead atoms. The van der Waals surface area contributed by atoms with Gasteiger partial charge in [-0.05, 0) is 29.9 Å². The van der Waals surface area contributed by atoms with Crippen LogP contribution < -0.4 is 0 Å². The third-order valence-corrected chi connectivity index (χ3v) is 4.54. The minimum absolute atomic E-state index is 0.0583. The van der Waals surface area contributed by atoms with Crippen LogP contribution in [0.1, 0.15) is 17.5 Å². The molecule has 2 rings (SSSR count). The van der Waals surface area contributed by atoms with Crippen molar-refractivity contribution in [2.24, 2.45) is 0 Å². The molecule has 1 saturated heterocycles. The third-order valence-electron chi connectivity index (χ3n) is 2.47. The van der Waals surface area contributed by atoms with Crippen LogP contribution in [0.25, 0.3) is 0 Å². The molecule has 1 unspecified atom stereocenters. The highest BCUT2D eigenvalue weighted by molar-refractivity contribution is 8.01. The first-order chi connectivity index (χ1) is 7.88. The smallest absolute Gasteiger partial charge is 0.166 e. The number of benzene rings is 1. The van der Waals surface area contributed by atoms with E-state index in [9.17, 15) is 13.2 Å². The Hall–Kier alpha value is -0.0600. The van der Waals surface area contributed by atoms with Gasteiger partial charge in [0.1, 0.15) is 0 Å². The van der Waals surface area contributed by atoms with Gasteiger partial charge in [0.15, 0.2) is 0 Å². The van der Waals surface area contributed by atoms with E-state index in [2.05, 4.69) is 0 Å². The first kappa shape index (κ1) is 13.4. The van der Waals surface area contributed by atoms with Crippen molar-refractivity contribution in [1.82, 2.24) is 0 Å². The summed E-state index contributed by atoms with van der Waals surface area (Å²) in [6.45, 7) is 0. The molecule has 1 heterocycles. The van der Waals surface area contributed by atoms with E-state index < -0.39 is 16.8 Å². The molecule has 6 heteroatoms. The Labute approximate surface area is 111 Å². The molecule has 1 aromatic carbocycles. The fourth-order valence-electron chi connectivity index (χ4n) is 1.51. The lowest BCUT2D eigenvalue weighted by atomic mass is 10.0. The van der Waals surface area contributed by atoms with E-state index in [0.29, 0.717) is 5.56 Å². The van der Waals surface area contributed by atoms with E-state index in [1.54, 1.807) is 18.2 Å². The van der Waals surface area contributed by atoms with Gasteiger partial charge in [-0.2, -0.15) is 24.9 Å². The zero-order valence-corrected chi connectivity index (χ0v) is 10.9. The number of halogens is 5. The lowest BCUT2D eigenvalue weighted by molar-refractivity contribution is -0.137. The predicted molar refractivity (Wildman–Crippen MR) is 65.7 cm³/mol. The summed E-state index contributed by atoms with van der Waals surface area (Å²) in [4.78, 5) is 0. The fourth-order valence-corrected chi connectivity index (χ4v) is 2.72. The van der Waals surface area contributed by atoms with Gasteiger partial charge in [-0.15, -0.1) is 0 Å². The Balaban J connectivity index is 2.31. The predicted octanol–water partition coefficient (Wildman–Crippen LogP) is 5.07. The molecule has 0 aliphatic carbocycles. The average Bonchev–Trinajstić information content (AvgIpc) is 2.15. The summed E-state index contributed by atoms with van der Waals surface area (Å²) < 4.78 is 38.0. The van der Waals surface area contributed by atoms with Gasteiger partial charge in [-0.1, -0.05) is 23.2 Å². The van der Waals surface area contributed by atoms with Gasteiger partial charge < -0.3 is 0 Å². The van der Waals surface area contributed by atoms with Crippen molar-refractivity contribution in [2.45, 2.75) is 17.8 Å². The molecule has 1 radical (unpaired) electrons. The van der Waals surface area contributed by atoms with E-state index in [4.69, 9.17) is 23.2 Å². The molecule has 1 fully saturated rings. The molecular weight excluding hydrogens is 292 g/mol. The zero-order valence-electron chi connectivity index (χ0n) is 8.52. The molecule has 0 amide bonds. The van der Waals surface area contributed by atoms with Crippen molar-refractivity contribution in [3.05, 3.63) is 39.7 Å². The van der Waals surface area contributed by atoms with Gasteiger partial charge >= 0.3 is 6.18 Å². The van der Waals surface area contributed by atoms with Gasteiger partial charge in [0, 0.05) is 11.7 Å². The van der Waals surface area contributed by atoms with E-state index >= 15 is 0 Å². The summed E-state index contributed by atoms with van der Waals surface area (Å²) in [6.07, 6.45) is -1.69. The summed E-state index contributed by atoms with van der Waals surface area (Å²) in [5, 5.41) is -0.206. The Morgan fingerprint density at radius 3 is 2.41 bits per heavy atom. The molecule has 93 valence electrons. The summed E-state index contributed by atoms with van der Waals surface area (Å²) >= 11 is 13.0. The highest BCUT2D eigenvalue weighted by atomic mass is 35.5. The van der Waals surface area contributed by atoms with Crippen molar-refractivity contribution < 1.29 is 13.2 Å². The molecule has 17 heavy (non-hydrogen) atoms. The van der Waals surface area contributed by atoms with E-state index in [1.807, 2.05) is 0 Å². The average molecular weight is 300 g/mol. The normalized spacial score (nSPS) is 20.2. The standard InChI is InChI=1S/C11H8Cl2F3S/c12-9-5-6(3-7-1-2-17-7)4-8(10(9)13)11(14,15)16/h3-5,7H,1-2H2. The van der Waals surface area contributed by atoms with Crippen LogP contribution in [0.4, 0.5) is 13.2 Å². The van der Waals surface area contributed by atoms with Crippen LogP contribution in [0.15, 0.2) is 12.1 Å². The minimum Gasteiger partial charge on any atom is -0.166 e. The van der Waals surface area contributed by atoms with E-state index in [-0.39, 0.29) is 10.3 Å². The molecule has 1 aliphatic rings. The second-order valence-corrected chi connectivity index (χ2v) is 5.86. The van der Waals surface area contributed by atoms with Gasteiger partial charge in [-0.25, -0.2) is 0 Å². The number of hydrogen-bond acceptors (Lipinski definition) is 1. The fraction of sp³-hybridized carbons (Fsp3) is 0.364. The van der Waals surface area contributed by atoms with Gasteiger partial charge in [0.2, 0.25) is 0 Å². The monoisotopic (exact) mass is 299 g/mol. The maximum absolute atomic E-state index is 12.7. The van der Waals surface area contributed by atoms with Crippen molar-refractivity contribution in [1.29, 1.82) is 0 Å². The van der Waals surface area contributed by atoms with Gasteiger partial charge in [0.05, 0.1) is 15.6 Å². The number of thioether (sulfide) groups is 1. The molecule has 1 aliphatic heterocycles. The van der Waals surface area contributed by atoms with Crippen LogP contribution in [0.5, 0.6) is 0 Å². The van der Waals surface area contributed by atoms with Gasteiger partial charge in [-0.3, -0.25) is 0 Å². The summed E-state index contributed by atoms with van der Waals surface area (Å²) in [5.41, 5.74) is -0.397. The maximum Gasteiger partial charge on any atom is 0.417 e. The first-order valence-corrected chi connectivity index (χ1v) is 6.71. The number of alkyl halides is 3. The highest BCUT2D eigenvalue weighted by Crippen LogP contribution is 2.40. The second kappa shape index (κ2) is 4.90. The van der Waals surface area contributed by atoms with Crippen LogP contribution in [0.2, 0.25) is 10.0 Å². The van der Waals surface area contributed by atoms with Crippen LogP contribution in [0, 0.1) is 6.42 Å². The van der Waals surface area contributed by atoms with E-state index in [0.717, 1.165) is 18.2 Å². The molecule has 0 spiro atoms. The third kappa shape index (κ3) is 3.04. The lowest BCUT2D eigenvalue weighted by Crippen LogP contribution is -2.17. The zero-order chi connectivity index (χ0) is 12.6. The molecule has 0 aromatic heterocycles. The maximum atomic E-state index is 12.7. The second-order valence-electron chi connectivity index (χ2n) is 3.73. The van der Waals surface area contributed by atoms with Gasteiger partial charge in [0.25, 0.3) is 0 Å². The van der Waals surface area contributed by atoms with Crippen molar-refractivity contribution in [3.63, 3.8) is 0 Å². The molecule has 0 N–H and O–H groups in total. The Morgan fingerprint density at radius 1 is 1.29 bits per heavy atom. The topological polar surface area (TPSA) is 0 Å². The largest absolute Gasteiger partial charge is 0.417 e. The lowest BCUT2D eigenvalue weighted by Gasteiger charge is -2.25. The van der Waals surface area contributed by atoms with Crippen LogP contribution in [-0.2, 0) is 6.18 Å². The summed E-state index contributed by atoms with van der Waals surface area (Å²) in [6, 6.07) is 2.52. The quantitative estimate of drug-likeness (QED) is 0.734. The SMILES string of the molecule is FC(F)(F)c1cc([CH]C2CCS2)cc(Cl)c1Cl. The summed E-state index contributed by atoms with van der Waals surface area (Å²) in [5.74, 6) is 1.05. The van der Waals surface area contributed by atoms with Crippen LogP contribution in [-0.4, -0.2) is 11.0 Å². The van der Waals surface area contributed by atoms with Crippen molar-refractivity contribution >= 4 is 35.0 Å². The van der Waals surface area contributed by atoms with Crippen molar-refractivity contribution in [2.75, 3.05) is 5.75 Å². The molecule has 0 nitrogen and oxygen atoms in total. The molecule has 1 aromatic rings. The minimum atomic E-state index is -4.47. The molecule has 0 saturated carbocycles. The first-order valence-electron chi connectivity index (χ1n) is 4.90. The Kier molecular flexibility index (Phi) is 3.86. The van der Waals surface area contributed by atoms with E-state index in [1.165, 1.54) is 6.07 Å². The molecule has 1 atom stereocenters. The number of rotatable bonds is 2. The Morgan fingerprint density at radius 2 is 1.94 bits per heavy atom. The van der Waals surface area contributed by atoms with Crippen LogP contribution >= 0.6 is 35.0 Å². The number of hydrogen-bond donors (Lipinski definition) is 0. The van der Waals surface area contributed by atoms with Crippen molar-refractivity contribution in [3.8, 4) is 0 Å². The van der Waals surface area contributed by atoms with Crippen LogP contribution in [0.3, 0.4) is 0 Å².